The van der Waals surface area contributed by atoms with Crippen LogP contribution in [0.25, 0.3) is 0 Å². The Balaban J connectivity index is 0.000000123. The van der Waals surface area contributed by atoms with Crippen LogP contribution in [0.2, 0.25) is 20.1 Å². The third-order valence-electron chi connectivity index (χ3n) is 1.77. The van der Waals surface area contributed by atoms with E-state index in [1.807, 2.05) is 0 Å². The van der Waals surface area contributed by atoms with Crippen molar-refractivity contribution in [2.24, 2.45) is 0 Å². The van der Waals surface area contributed by atoms with Crippen molar-refractivity contribution < 1.29 is 24.4 Å². The first-order valence-electron chi connectivity index (χ1n) is 4.06. The van der Waals surface area contributed by atoms with Gasteiger partial charge in [0.25, 0.3) is 0 Å². The second-order valence-electron chi connectivity index (χ2n) is 3.25. The number of hydrogen-bond acceptors (Lipinski definition) is 2. The quantitative estimate of drug-likeness (QED) is 0.563. The molecule has 0 aliphatic carbocycles. The molecule has 2 aliphatic heterocycles. The van der Waals surface area contributed by atoms with Crippen molar-refractivity contribution in [3.63, 3.8) is 0 Å². The SMILES string of the molecule is CC(=O)CC(C)=O.[CH2]1[CH2][Rh]12[CH2][CH2]2. The Bertz CT molecular complexity index is 177. The molecule has 0 aromatic carbocycles. The maximum atomic E-state index is 10.0. The van der Waals surface area contributed by atoms with Gasteiger partial charge in [-0.25, -0.2) is 0 Å². The van der Waals surface area contributed by atoms with E-state index in [0.717, 1.165) is 0 Å². The van der Waals surface area contributed by atoms with E-state index in [4.69, 9.17) is 0 Å². The molecule has 73 valence electrons. The third kappa shape index (κ3) is 4.11. The van der Waals surface area contributed by atoms with Crippen LogP contribution < -0.4 is 0 Å². The number of ketones is 2. The van der Waals surface area contributed by atoms with E-state index in [1.54, 1.807) is 20.1 Å². The number of rotatable bonds is 2. The summed E-state index contributed by atoms with van der Waals surface area (Å²) in [6, 6.07) is 0. The van der Waals surface area contributed by atoms with Crippen molar-refractivity contribution in [3.05, 3.63) is 0 Å². The van der Waals surface area contributed by atoms with Crippen molar-refractivity contribution in [3.8, 4) is 0 Å². The van der Waals surface area contributed by atoms with Crippen LogP contribution in [0.1, 0.15) is 20.3 Å². The molecule has 0 atom stereocenters. The number of Topliss-reactive ketones (excluding diaryl/α,β-unsaturated/α-hetero) is 2. The Morgan fingerprint density at radius 2 is 1.33 bits per heavy atom. The van der Waals surface area contributed by atoms with Gasteiger partial charge < -0.3 is 0 Å². The Morgan fingerprint density at radius 1 is 1.00 bits per heavy atom. The van der Waals surface area contributed by atoms with Gasteiger partial charge in [-0.15, -0.1) is 0 Å². The summed E-state index contributed by atoms with van der Waals surface area (Å²) in [6.45, 7) is 2.81. The zero-order valence-corrected chi connectivity index (χ0v) is 9.32. The minimum atomic E-state index is -0.280. The second kappa shape index (κ2) is 3.78. The van der Waals surface area contributed by atoms with Gasteiger partial charge in [0.05, 0.1) is 6.42 Å². The van der Waals surface area contributed by atoms with Crippen molar-refractivity contribution in [1.29, 1.82) is 0 Å². The van der Waals surface area contributed by atoms with Gasteiger partial charge >= 0.3 is 34.8 Å². The summed E-state index contributed by atoms with van der Waals surface area (Å²) in [6.07, 6.45) is 0.0833. The van der Waals surface area contributed by atoms with Crippen molar-refractivity contribution >= 4 is 11.6 Å². The van der Waals surface area contributed by atoms with Crippen LogP contribution in [-0.4, -0.2) is 11.6 Å². The second-order valence-corrected chi connectivity index (χ2v) is 11.4. The van der Waals surface area contributed by atoms with Crippen LogP contribution in [0.5, 0.6) is 0 Å². The zero-order valence-electron chi connectivity index (χ0n) is 7.69. The summed E-state index contributed by atoms with van der Waals surface area (Å²) in [5.41, 5.74) is 0. The summed E-state index contributed by atoms with van der Waals surface area (Å²) in [4.78, 5) is 20.1. The summed E-state index contributed by atoms with van der Waals surface area (Å²) >= 11 is -0.280. The molecular weight excluding hydrogens is 243 g/mol. The molecule has 0 radical (unpaired) electrons. The molecule has 2 heterocycles. The van der Waals surface area contributed by atoms with E-state index >= 15 is 0 Å². The van der Waals surface area contributed by atoms with Gasteiger partial charge in [-0.1, -0.05) is 0 Å². The summed E-state index contributed by atoms with van der Waals surface area (Å²) in [7, 11) is 0. The van der Waals surface area contributed by atoms with Gasteiger partial charge in [0.2, 0.25) is 0 Å². The van der Waals surface area contributed by atoms with Gasteiger partial charge in [0.1, 0.15) is 11.6 Å². The Morgan fingerprint density at radius 3 is 1.33 bits per heavy atom. The number of carbonyl (C=O) groups is 2. The standard InChI is InChI=1S/C5H8O2.2C2H4.Rh/c1-4(6)3-5(2)7;2*1-2;/h3H2,1-2H3;2*1-2H2;. The van der Waals surface area contributed by atoms with Gasteiger partial charge in [0, 0.05) is 0 Å². The van der Waals surface area contributed by atoms with Gasteiger partial charge in [0.15, 0.2) is 0 Å². The fourth-order valence-corrected chi connectivity index (χ4v) is 7.82. The van der Waals surface area contributed by atoms with Gasteiger partial charge in [-0.3, -0.25) is 9.59 Å². The molecular formula is C9H16O2Rh. The molecule has 0 amide bonds. The van der Waals surface area contributed by atoms with Crippen molar-refractivity contribution in [2.75, 3.05) is 0 Å². The van der Waals surface area contributed by atoms with Gasteiger partial charge in [-0.05, 0) is 13.8 Å². The molecule has 2 nitrogen and oxygen atoms in total. The molecule has 2 rings (SSSR count). The zero-order chi connectivity index (χ0) is 9.19. The first kappa shape index (κ1) is 10.0. The Hall–Kier alpha value is -0.0366. The molecule has 0 N–H and O–H groups in total. The van der Waals surface area contributed by atoms with E-state index in [0.29, 0.717) is 0 Å². The van der Waals surface area contributed by atoms with Crippen LogP contribution in [-0.2, 0) is 24.4 Å². The molecule has 3 heteroatoms. The molecule has 2 saturated heterocycles. The number of carbonyl (C=O) groups excluding carboxylic acids is 2. The average Bonchev–Trinajstić information content (AvgIpc) is 2.73. The molecule has 0 bridgehead atoms. The topological polar surface area (TPSA) is 34.1 Å². The average molecular weight is 259 g/mol. The van der Waals surface area contributed by atoms with Crippen LogP contribution >= 0.6 is 0 Å². The maximum absolute atomic E-state index is 10.0. The van der Waals surface area contributed by atoms with Crippen LogP contribution in [0.15, 0.2) is 0 Å². The molecule has 0 aromatic rings. The summed E-state index contributed by atoms with van der Waals surface area (Å²) < 4.78 is 0. The Labute approximate surface area is 76.5 Å². The van der Waals surface area contributed by atoms with Crippen molar-refractivity contribution in [2.45, 2.75) is 40.3 Å². The van der Waals surface area contributed by atoms with Crippen LogP contribution in [0.3, 0.4) is 0 Å². The van der Waals surface area contributed by atoms with E-state index in [2.05, 4.69) is 0 Å². The molecule has 1 spiro atoms. The Kier molecular flexibility index (Phi) is 3.17. The molecule has 2 aliphatic rings. The predicted octanol–water partition coefficient (Wildman–Crippen LogP) is 2.40. The normalized spacial score (nSPS) is 23.5. The summed E-state index contributed by atoms with van der Waals surface area (Å²) in [5.74, 6) is -0.125. The molecule has 0 aromatic heterocycles. The van der Waals surface area contributed by atoms with E-state index in [9.17, 15) is 9.59 Å². The fraction of sp³-hybridized carbons (Fsp3) is 0.778. The van der Waals surface area contributed by atoms with E-state index in [1.165, 1.54) is 13.8 Å². The molecule has 12 heavy (non-hydrogen) atoms. The molecule has 2 fully saturated rings. The van der Waals surface area contributed by atoms with Gasteiger partial charge in [-0.2, -0.15) is 0 Å². The van der Waals surface area contributed by atoms with Crippen LogP contribution in [0.4, 0.5) is 0 Å². The van der Waals surface area contributed by atoms with E-state index < -0.39 is 0 Å². The minimum absolute atomic E-state index is 0.0625. The first-order chi connectivity index (χ1) is 5.54. The predicted molar refractivity (Wildman–Crippen MR) is 45.2 cm³/mol. The van der Waals surface area contributed by atoms with Crippen LogP contribution in [0, 0.1) is 0 Å². The summed E-state index contributed by atoms with van der Waals surface area (Å²) in [5, 5.41) is 6.89. The molecule has 0 unspecified atom stereocenters. The van der Waals surface area contributed by atoms with E-state index in [-0.39, 0.29) is 32.8 Å². The first-order valence-corrected chi connectivity index (χ1v) is 8.69. The third-order valence-corrected chi connectivity index (χ3v) is 8.05. The fourth-order valence-electron chi connectivity index (χ4n) is 0.841. The van der Waals surface area contributed by atoms with Crippen molar-refractivity contribution in [1.82, 2.24) is 0 Å². The molecule has 0 saturated carbocycles. The monoisotopic (exact) mass is 259 g/mol. The number of hydrogen-bond donors (Lipinski definition) is 0.